The highest BCUT2D eigenvalue weighted by molar-refractivity contribution is 7.85. The van der Waals surface area contributed by atoms with Crippen molar-refractivity contribution in [2.24, 2.45) is 5.11 Å². The monoisotopic (exact) mass is 316 g/mol. The van der Waals surface area contributed by atoms with Gasteiger partial charge >= 0.3 is 0 Å². The quantitative estimate of drug-likeness (QED) is 0.341. The van der Waals surface area contributed by atoms with Crippen LogP contribution >= 0.6 is 0 Å². The Morgan fingerprint density at radius 3 is 2.68 bits per heavy atom. The molecule has 2 aromatic carbocycles. The molecule has 0 radical (unpaired) electrons. The average Bonchev–Trinajstić information content (AvgIpc) is 2.90. The number of hydrogen-bond donors (Lipinski definition) is 1. The number of azide groups is 1. The Kier molecular flexibility index (Phi) is 3.30. The molecule has 0 aliphatic heterocycles. The van der Waals surface area contributed by atoms with Crippen molar-refractivity contribution in [1.82, 2.24) is 4.98 Å². The van der Waals surface area contributed by atoms with Crippen molar-refractivity contribution in [2.45, 2.75) is 4.90 Å². The fourth-order valence-corrected chi connectivity index (χ4v) is 2.48. The zero-order chi connectivity index (χ0) is 15.7. The molecule has 3 aromatic rings. The van der Waals surface area contributed by atoms with E-state index < -0.39 is 10.1 Å². The zero-order valence-electron chi connectivity index (χ0n) is 10.9. The lowest BCUT2D eigenvalue weighted by Gasteiger charge is -2.03. The van der Waals surface area contributed by atoms with Crippen LogP contribution in [0.4, 0.5) is 5.69 Å². The highest BCUT2D eigenvalue weighted by Gasteiger charge is 2.17. The summed E-state index contributed by atoms with van der Waals surface area (Å²) in [4.78, 5) is 6.56. The van der Waals surface area contributed by atoms with Gasteiger partial charge in [-0.1, -0.05) is 23.3 Å². The number of rotatable bonds is 3. The van der Waals surface area contributed by atoms with Crippen LogP contribution in [0.5, 0.6) is 0 Å². The lowest BCUT2D eigenvalue weighted by molar-refractivity contribution is 0.483. The van der Waals surface area contributed by atoms with Crippen molar-refractivity contribution >= 4 is 26.9 Å². The highest BCUT2D eigenvalue weighted by atomic mass is 32.2. The molecule has 0 fully saturated rings. The van der Waals surface area contributed by atoms with E-state index in [0.29, 0.717) is 11.1 Å². The summed E-state index contributed by atoms with van der Waals surface area (Å²) in [6, 6.07) is 10.5. The molecule has 0 bridgehead atoms. The van der Waals surface area contributed by atoms with Gasteiger partial charge in [-0.15, -0.1) is 0 Å². The highest BCUT2D eigenvalue weighted by Crippen LogP contribution is 2.34. The molecule has 1 N–H and O–H groups in total. The third-order valence-corrected chi connectivity index (χ3v) is 3.79. The molecule has 0 saturated heterocycles. The standard InChI is InChI=1S/C13H8N4O4S/c14-17-16-10-6-5-8(22(18,19)20)7-9(10)13-15-11-3-1-2-4-12(11)21-13/h1-7H,(H,18,19,20). The molecule has 1 heterocycles. The number of nitrogens with zero attached hydrogens (tertiary/aromatic N) is 4. The van der Waals surface area contributed by atoms with E-state index in [2.05, 4.69) is 15.0 Å². The second kappa shape index (κ2) is 5.15. The van der Waals surface area contributed by atoms with Crippen LogP contribution in [0.1, 0.15) is 0 Å². The number of hydrogen-bond acceptors (Lipinski definition) is 5. The molecule has 0 aliphatic carbocycles. The molecule has 3 rings (SSSR count). The minimum atomic E-state index is -4.40. The Morgan fingerprint density at radius 2 is 2.00 bits per heavy atom. The van der Waals surface area contributed by atoms with Crippen LogP contribution in [0.3, 0.4) is 0 Å². The summed E-state index contributed by atoms with van der Waals surface area (Å²) < 4.78 is 37.2. The summed E-state index contributed by atoms with van der Waals surface area (Å²) in [5.74, 6) is 0.0918. The Bertz CT molecular complexity index is 986. The average molecular weight is 316 g/mol. The summed E-state index contributed by atoms with van der Waals surface area (Å²) in [6.45, 7) is 0. The van der Waals surface area contributed by atoms with Crippen molar-refractivity contribution in [3.63, 3.8) is 0 Å². The van der Waals surface area contributed by atoms with Gasteiger partial charge in [0.05, 0.1) is 10.6 Å². The summed E-state index contributed by atoms with van der Waals surface area (Å²) in [6.07, 6.45) is 0. The van der Waals surface area contributed by atoms with E-state index in [1.165, 1.54) is 6.07 Å². The molecule has 0 spiro atoms. The van der Waals surface area contributed by atoms with Crippen molar-refractivity contribution in [3.05, 3.63) is 52.9 Å². The Morgan fingerprint density at radius 1 is 1.23 bits per heavy atom. The van der Waals surface area contributed by atoms with Gasteiger partial charge in [0.25, 0.3) is 10.1 Å². The van der Waals surface area contributed by atoms with E-state index in [9.17, 15) is 8.42 Å². The van der Waals surface area contributed by atoms with Crippen LogP contribution in [0.15, 0.2) is 56.9 Å². The number of para-hydroxylation sites is 2. The largest absolute Gasteiger partial charge is 0.436 e. The molecular weight excluding hydrogens is 308 g/mol. The van der Waals surface area contributed by atoms with Crippen molar-refractivity contribution in [3.8, 4) is 11.5 Å². The van der Waals surface area contributed by atoms with Crippen LogP contribution in [0.25, 0.3) is 33.0 Å². The van der Waals surface area contributed by atoms with Crippen molar-refractivity contribution < 1.29 is 17.4 Å². The minimum absolute atomic E-state index is 0.0918. The van der Waals surface area contributed by atoms with Gasteiger partial charge in [-0.25, -0.2) is 4.98 Å². The molecule has 0 saturated carbocycles. The topological polar surface area (TPSA) is 129 Å². The molecule has 8 nitrogen and oxygen atoms in total. The van der Waals surface area contributed by atoms with E-state index in [1.54, 1.807) is 24.3 Å². The van der Waals surface area contributed by atoms with Crippen LogP contribution < -0.4 is 0 Å². The lowest BCUT2D eigenvalue weighted by atomic mass is 10.2. The van der Waals surface area contributed by atoms with Crippen LogP contribution in [0, 0.1) is 0 Å². The summed E-state index contributed by atoms with van der Waals surface area (Å²) >= 11 is 0. The van der Waals surface area contributed by atoms with E-state index in [1.807, 2.05) is 0 Å². The van der Waals surface area contributed by atoms with Gasteiger partial charge in [-0.3, -0.25) is 4.55 Å². The van der Waals surface area contributed by atoms with Crippen LogP contribution in [-0.4, -0.2) is 18.0 Å². The third kappa shape index (κ3) is 2.51. The number of aromatic nitrogens is 1. The molecule has 0 unspecified atom stereocenters. The number of benzene rings is 2. The van der Waals surface area contributed by atoms with Gasteiger partial charge in [-0.2, -0.15) is 8.42 Å². The van der Waals surface area contributed by atoms with Crippen molar-refractivity contribution in [1.29, 1.82) is 0 Å². The first-order valence-electron chi connectivity index (χ1n) is 6.01. The predicted molar refractivity (Wildman–Crippen MR) is 78.1 cm³/mol. The second-order valence-corrected chi connectivity index (χ2v) is 5.75. The fourth-order valence-electron chi connectivity index (χ4n) is 1.97. The molecule has 0 amide bonds. The van der Waals surface area contributed by atoms with E-state index >= 15 is 0 Å². The first kappa shape index (κ1) is 14.1. The molecular formula is C13H8N4O4S. The number of oxazole rings is 1. The number of fused-ring (bicyclic) bond motifs is 1. The van der Waals surface area contributed by atoms with Crippen molar-refractivity contribution in [2.75, 3.05) is 0 Å². The van der Waals surface area contributed by atoms with Gasteiger partial charge < -0.3 is 4.42 Å². The normalized spacial score (nSPS) is 11.3. The first-order valence-corrected chi connectivity index (χ1v) is 7.45. The van der Waals surface area contributed by atoms with Gasteiger partial charge in [0.1, 0.15) is 5.52 Å². The third-order valence-electron chi connectivity index (χ3n) is 2.94. The zero-order valence-corrected chi connectivity index (χ0v) is 11.7. The molecule has 110 valence electrons. The van der Waals surface area contributed by atoms with Gasteiger partial charge in [0, 0.05) is 10.5 Å². The molecule has 22 heavy (non-hydrogen) atoms. The van der Waals surface area contributed by atoms with E-state index in [4.69, 9.17) is 14.5 Å². The van der Waals surface area contributed by atoms with E-state index in [0.717, 1.165) is 12.1 Å². The van der Waals surface area contributed by atoms with Gasteiger partial charge in [0.15, 0.2) is 5.58 Å². The summed E-state index contributed by atoms with van der Waals surface area (Å²) in [5, 5.41) is 3.48. The Hall–Kier alpha value is -2.87. The molecule has 1 aromatic heterocycles. The fraction of sp³-hybridized carbons (Fsp3) is 0. The lowest BCUT2D eigenvalue weighted by Crippen LogP contribution is -1.98. The van der Waals surface area contributed by atoms with E-state index in [-0.39, 0.29) is 22.0 Å². The maximum Gasteiger partial charge on any atom is 0.294 e. The molecule has 0 aliphatic rings. The smallest absolute Gasteiger partial charge is 0.294 e. The summed E-state index contributed by atoms with van der Waals surface area (Å²) in [7, 11) is -4.40. The van der Waals surface area contributed by atoms with Gasteiger partial charge in [0.2, 0.25) is 5.89 Å². The first-order chi connectivity index (χ1) is 10.5. The SMILES string of the molecule is [N-]=[N+]=Nc1ccc(S(=O)(=O)O)cc1-c1nc2ccccc2o1. The maximum absolute atomic E-state index is 11.3. The second-order valence-electron chi connectivity index (χ2n) is 4.33. The Balaban J connectivity index is 2.28. The maximum atomic E-state index is 11.3. The molecule has 9 heteroatoms. The van der Waals surface area contributed by atoms with Gasteiger partial charge in [-0.05, 0) is 29.8 Å². The van der Waals surface area contributed by atoms with Crippen LogP contribution in [0.2, 0.25) is 0 Å². The molecule has 0 atom stereocenters. The summed E-state index contributed by atoms with van der Waals surface area (Å²) in [5.41, 5.74) is 9.98. The predicted octanol–water partition coefficient (Wildman–Crippen LogP) is 3.68. The minimum Gasteiger partial charge on any atom is -0.436 e. The van der Waals surface area contributed by atoms with Crippen LogP contribution in [-0.2, 0) is 10.1 Å². The Labute approximate surface area is 124 Å².